The molecule has 0 saturated heterocycles. The number of amidine groups is 1. The van der Waals surface area contributed by atoms with Crippen LogP contribution in [0.25, 0.3) is 0 Å². The first kappa shape index (κ1) is 11.7. The van der Waals surface area contributed by atoms with Crippen LogP contribution >= 0.6 is 0 Å². The van der Waals surface area contributed by atoms with Gasteiger partial charge in [0.15, 0.2) is 12.4 Å². The molecule has 1 unspecified atom stereocenters. The van der Waals surface area contributed by atoms with Crippen LogP contribution in [0.1, 0.15) is 0 Å². The van der Waals surface area contributed by atoms with Gasteiger partial charge in [-0.05, 0) is 12.1 Å². The number of benzene rings is 1. The van der Waals surface area contributed by atoms with Gasteiger partial charge in [-0.3, -0.25) is 4.79 Å². The van der Waals surface area contributed by atoms with E-state index >= 15 is 0 Å². The molecule has 0 fully saturated rings. The number of hydrogen-bond donors (Lipinski definition) is 2. The topological polar surface area (TPSA) is 49.1 Å². The number of quaternary nitrogens is 1. The minimum Gasteiger partial charge on any atom is -0.334 e. The molecule has 1 aromatic carbocycles. The van der Waals surface area contributed by atoms with E-state index in [1.807, 2.05) is 55.9 Å². The lowest BCUT2D eigenvalue weighted by molar-refractivity contribution is -0.757. The second-order valence-corrected chi connectivity index (χ2v) is 4.60. The molecule has 2 heterocycles. The van der Waals surface area contributed by atoms with Crippen molar-refractivity contribution < 1.29 is 9.69 Å². The van der Waals surface area contributed by atoms with E-state index in [-0.39, 0.29) is 5.91 Å². The van der Waals surface area contributed by atoms with Gasteiger partial charge in [0.25, 0.3) is 5.91 Å². The zero-order valence-corrected chi connectivity index (χ0v) is 10.6. The summed E-state index contributed by atoms with van der Waals surface area (Å²) in [6, 6.07) is 9.39. The summed E-state index contributed by atoms with van der Waals surface area (Å²) in [6.07, 6.45) is 5.75. The fourth-order valence-electron chi connectivity index (χ4n) is 2.10. The summed E-state index contributed by atoms with van der Waals surface area (Å²) in [4.78, 5) is 19.6. The number of carbonyl (C=O) groups excluding carboxylic acids is 1. The molecule has 0 bridgehead atoms. The van der Waals surface area contributed by atoms with Gasteiger partial charge in [0, 0.05) is 25.0 Å². The molecule has 2 aliphatic heterocycles. The highest BCUT2D eigenvalue weighted by Gasteiger charge is 2.28. The van der Waals surface area contributed by atoms with E-state index < -0.39 is 0 Å². The Morgan fingerprint density at radius 3 is 2.95 bits per heavy atom. The van der Waals surface area contributed by atoms with Crippen LogP contribution in [0.15, 0.2) is 59.5 Å². The van der Waals surface area contributed by atoms with Gasteiger partial charge in [-0.25, -0.2) is 4.90 Å². The number of fused-ring (bicyclic) bond motifs is 1. The van der Waals surface area contributed by atoms with Crippen LogP contribution in [0, 0.1) is 0 Å². The van der Waals surface area contributed by atoms with Crippen LogP contribution in [-0.2, 0) is 4.79 Å². The van der Waals surface area contributed by atoms with E-state index in [0.717, 1.165) is 23.1 Å². The molecular weight excluding hydrogens is 240 g/mol. The fourth-order valence-corrected chi connectivity index (χ4v) is 2.10. The quantitative estimate of drug-likeness (QED) is 0.792. The van der Waals surface area contributed by atoms with Gasteiger partial charge in [-0.1, -0.05) is 18.2 Å². The molecule has 2 N–H and O–H groups in total. The van der Waals surface area contributed by atoms with Crippen molar-refractivity contribution >= 4 is 17.4 Å². The molecule has 0 aromatic heterocycles. The molecule has 0 radical (unpaired) electrons. The van der Waals surface area contributed by atoms with E-state index in [1.54, 1.807) is 0 Å². The Kier molecular flexibility index (Phi) is 2.89. The maximum atomic E-state index is 12.1. The number of para-hydroxylation sites is 1. The summed E-state index contributed by atoms with van der Waals surface area (Å²) in [6.45, 7) is 0.789. The molecule has 5 heteroatoms. The molecule has 3 rings (SSSR count). The Labute approximate surface area is 111 Å². The average molecular weight is 255 g/mol. The average Bonchev–Trinajstić information content (AvgIpc) is 2.83. The first-order valence-corrected chi connectivity index (χ1v) is 6.14. The number of amides is 1. The van der Waals surface area contributed by atoms with Crippen molar-refractivity contribution in [1.29, 1.82) is 0 Å². The lowest BCUT2D eigenvalue weighted by Crippen LogP contribution is -3.11. The van der Waals surface area contributed by atoms with Crippen molar-refractivity contribution in [1.82, 2.24) is 4.90 Å². The highest BCUT2D eigenvalue weighted by atomic mass is 16.2. The number of rotatable bonds is 2. The van der Waals surface area contributed by atoms with Crippen molar-refractivity contribution in [2.45, 2.75) is 0 Å². The smallest absolute Gasteiger partial charge is 0.280 e. The number of aliphatic imine (C=N–C) groups is 1. The van der Waals surface area contributed by atoms with Gasteiger partial charge in [0.05, 0.1) is 0 Å². The standard InChI is InChI=1S/C14H14N4O/c1-17-8-7-13-16-12(9-18(13)10-17)14(19)15-11-5-3-2-4-6-11/h2-9H,10H2,1H3,(H,15,19)/p+1. The normalized spacial score (nSPS) is 20.7. The summed E-state index contributed by atoms with van der Waals surface area (Å²) in [5, 5.41) is 2.84. The Morgan fingerprint density at radius 2 is 2.16 bits per heavy atom. The highest BCUT2D eigenvalue weighted by molar-refractivity contribution is 6.06. The summed E-state index contributed by atoms with van der Waals surface area (Å²) in [7, 11) is 2.00. The molecule has 0 saturated carbocycles. The van der Waals surface area contributed by atoms with Crippen molar-refractivity contribution in [2.75, 3.05) is 19.0 Å². The van der Waals surface area contributed by atoms with E-state index in [9.17, 15) is 4.79 Å². The van der Waals surface area contributed by atoms with Crippen LogP contribution < -0.4 is 10.2 Å². The Balaban J connectivity index is 1.74. The Hall–Kier alpha value is -2.40. The number of hydrogen-bond acceptors (Lipinski definition) is 3. The van der Waals surface area contributed by atoms with Crippen LogP contribution in [0.5, 0.6) is 0 Å². The van der Waals surface area contributed by atoms with Crippen LogP contribution in [0.2, 0.25) is 0 Å². The second kappa shape index (κ2) is 4.70. The molecule has 0 spiro atoms. The molecular formula is C14H15N4O+. The molecule has 5 nitrogen and oxygen atoms in total. The maximum Gasteiger partial charge on any atom is 0.280 e. The van der Waals surface area contributed by atoms with Crippen LogP contribution in [-0.4, -0.2) is 30.4 Å². The molecule has 96 valence electrons. The van der Waals surface area contributed by atoms with E-state index in [4.69, 9.17) is 0 Å². The van der Waals surface area contributed by atoms with E-state index in [0.29, 0.717) is 5.70 Å². The summed E-state index contributed by atoms with van der Waals surface area (Å²) in [5.74, 6) is 0.716. The largest absolute Gasteiger partial charge is 0.334 e. The SMILES string of the molecule is CN1C=CC2=NC(C(=O)Nc3ccccc3)=C[NH+]2C1. The highest BCUT2D eigenvalue weighted by Crippen LogP contribution is 2.09. The van der Waals surface area contributed by atoms with E-state index in [1.165, 1.54) is 0 Å². The third-order valence-electron chi connectivity index (χ3n) is 3.05. The van der Waals surface area contributed by atoms with Crippen LogP contribution in [0.4, 0.5) is 5.69 Å². The zero-order valence-electron chi connectivity index (χ0n) is 10.6. The summed E-state index contributed by atoms with van der Waals surface area (Å²) >= 11 is 0. The van der Waals surface area contributed by atoms with Crippen molar-refractivity contribution in [3.8, 4) is 0 Å². The van der Waals surface area contributed by atoms with Crippen molar-refractivity contribution in [2.24, 2.45) is 4.99 Å². The number of nitrogens with zero attached hydrogens (tertiary/aromatic N) is 2. The van der Waals surface area contributed by atoms with Gasteiger partial charge in [0.2, 0.25) is 5.84 Å². The van der Waals surface area contributed by atoms with Gasteiger partial charge in [0.1, 0.15) is 6.20 Å². The lowest BCUT2D eigenvalue weighted by Gasteiger charge is -2.21. The predicted molar refractivity (Wildman–Crippen MR) is 73.3 cm³/mol. The minimum atomic E-state index is -0.170. The number of anilines is 1. The Morgan fingerprint density at radius 1 is 1.37 bits per heavy atom. The molecule has 2 aliphatic rings. The lowest BCUT2D eigenvalue weighted by atomic mass is 10.3. The molecule has 0 aliphatic carbocycles. The number of carbonyl (C=O) groups is 1. The molecule has 1 amide bonds. The summed E-state index contributed by atoms with van der Waals surface area (Å²) < 4.78 is 0. The number of nitrogens with one attached hydrogen (secondary N) is 2. The third kappa shape index (κ3) is 2.41. The Bertz CT molecular complexity index is 589. The molecule has 1 atom stereocenters. The first-order chi connectivity index (χ1) is 9.22. The second-order valence-electron chi connectivity index (χ2n) is 4.60. The monoisotopic (exact) mass is 255 g/mol. The zero-order chi connectivity index (χ0) is 13.2. The maximum absolute atomic E-state index is 12.1. The van der Waals surface area contributed by atoms with Crippen LogP contribution in [0.3, 0.4) is 0 Å². The van der Waals surface area contributed by atoms with Gasteiger partial charge >= 0.3 is 0 Å². The van der Waals surface area contributed by atoms with Gasteiger partial charge < -0.3 is 10.2 Å². The van der Waals surface area contributed by atoms with Crippen molar-refractivity contribution in [3.05, 3.63) is 54.5 Å². The van der Waals surface area contributed by atoms with Crippen molar-refractivity contribution in [3.63, 3.8) is 0 Å². The van der Waals surface area contributed by atoms with Gasteiger partial charge in [-0.2, -0.15) is 4.99 Å². The van der Waals surface area contributed by atoms with E-state index in [2.05, 4.69) is 15.2 Å². The summed E-state index contributed by atoms with van der Waals surface area (Å²) in [5.41, 5.74) is 1.25. The predicted octanol–water partition coefficient (Wildman–Crippen LogP) is 0.180. The van der Waals surface area contributed by atoms with Gasteiger partial charge in [-0.15, -0.1) is 0 Å². The minimum absolute atomic E-state index is 0.170. The first-order valence-electron chi connectivity index (χ1n) is 6.14. The third-order valence-corrected chi connectivity index (χ3v) is 3.05. The molecule has 19 heavy (non-hydrogen) atoms. The fraction of sp³-hybridized carbons (Fsp3) is 0.143. The molecule has 1 aromatic rings.